The number of aromatic nitrogens is 2. The highest BCUT2D eigenvalue weighted by Crippen LogP contribution is 2.35. The molecule has 3 heterocycles. The van der Waals surface area contributed by atoms with Gasteiger partial charge in [-0.15, -0.1) is 17.9 Å². The molecule has 1 amide bonds. The normalized spacial score (nSPS) is 11.0. The molecule has 0 spiro atoms. The van der Waals surface area contributed by atoms with Crippen molar-refractivity contribution in [2.45, 2.75) is 18.2 Å². The molecule has 4 rings (SSSR count). The van der Waals surface area contributed by atoms with E-state index in [-0.39, 0.29) is 23.8 Å². The second-order valence-electron chi connectivity index (χ2n) is 6.55. The highest BCUT2D eigenvalue weighted by molar-refractivity contribution is 7.99. The molecule has 1 aromatic carbocycles. The Morgan fingerprint density at radius 1 is 1.29 bits per heavy atom. The van der Waals surface area contributed by atoms with E-state index in [4.69, 9.17) is 16.0 Å². The van der Waals surface area contributed by atoms with Crippen molar-refractivity contribution in [1.82, 2.24) is 14.9 Å². The summed E-state index contributed by atoms with van der Waals surface area (Å²) in [4.78, 5) is 30.9. The molecule has 158 valence electrons. The molecule has 0 aliphatic heterocycles. The van der Waals surface area contributed by atoms with E-state index in [1.165, 1.54) is 27.7 Å². The van der Waals surface area contributed by atoms with E-state index in [0.717, 1.165) is 11.1 Å². The predicted molar refractivity (Wildman–Crippen MR) is 126 cm³/mol. The van der Waals surface area contributed by atoms with Crippen LogP contribution in [0.5, 0.6) is 0 Å². The minimum Gasteiger partial charge on any atom is -0.467 e. The lowest BCUT2D eigenvalue weighted by molar-refractivity contribution is -0.118. The number of thioether (sulfide) groups is 1. The Kier molecular flexibility index (Phi) is 6.60. The molecular formula is C22H18ClN3O3S2. The SMILES string of the molecule is C=CCn1c(SCC(=O)NCc2ccco2)nc2scc(-c3ccccc3Cl)c2c1=O. The number of carbonyl (C=O) groups is 1. The van der Waals surface area contributed by atoms with Crippen molar-refractivity contribution in [1.29, 1.82) is 0 Å². The number of benzene rings is 1. The second kappa shape index (κ2) is 9.55. The van der Waals surface area contributed by atoms with Crippen LogP contribution in [0.4, 0.5) is 0 Å². The van der Waals surface area contributed by atoms with Crippen molar-refractivity contribution in [2.75, 3.05) is 5.75 Å². The Balaban J connectivity index is 1.62. The number of hydrogen-bond acceptors (Lipinski definition) is 6. The number of nitrogens with one attached hydrogen (secondary N) is 1. The highest BCUT2D eigenvalue weighted by Gasteiger charge is 2.18. The molecule has 0 aliphatic carbocycles. The highest BCUT2D eigenvalue weighted by atomic mass is 35.5. The predicted octanol–water partition coefficient (Wildman–Crippen LogP) is 4.97. The Hall–Kier alpha value is -2.81. The summed E-state index contributed by atoms with van der Waals surface area (Å²) in [6.45, 7) is 4.35. The van der Waals surface area contributed by atoms with E-state index in [1.54, 1.807) is 30.5 Å². The first-order valence-corrected chi connectivity index (χ1v) is 11.6. The van der Waals surface area contributed by atoms with E-state index in [1.807, 2.05) is 23.6 Å². The number of halogens is 1. The number of amides is 1. The van der Waals surface area contributed by atoms with Crippen molar-refractivity contribution < 1.29 is 9.21 Å². The van der Waals surface area contributed by atoms with Crippen LogP contribution in [0.1, 0.15) is 5.76 Å². The van der Waals surface area contributed by atoms with Crippen molar-refractivity contribution in [3.05, 3.63) is 81.8 Å². The van der Waals surface area contributed by atoms with Gasteiger partial charge in [0.2, 0.25) is 5.91 Å². The summed E-state index contributed by atoms with van der Waals surface area (Å²) in [7, 11) is 0. The van der Waals surface area contributed by atoms with Crippen LogP contribution in [0.3, 0.4) is 0 Å². The molecule has 0 atom stereocenters. The lowest BCUT2D eigenvalue weighted by Crippen LogP contribution is -2.26. The third-order valence-corrected chi connectivity index (χ3v) is 6.68. The summed E-state index contributed by atoms with van der Waals surface area (Å²) in [5, 5.41) is 6.24. The molecule has 0 saturated carbocycles. The number of nitrogens with zero attached hydrogens (tertiary/aromatic N) is 2. The average Bonchev–Trinajstić information content (AvgIpc) is 3.43. The monoisotopic (exact) mass is 471 g/mol. The number of hydrogen-bond donors (Lipinski definition) is 1. The van der Waals surface area contributed by atoms with Gasteiger partial charge in [-0.05, 0) is 18.2 Å². The van der Waals surface area contributed by atoms with Crippen LogP contribution in [0, 0.1) is 0 Å². The fourth-order valence-corrected chi connectivity index (χ4v) is 5.12. The molecule has 0 aliphatic rings. The van der Waals surface area contributed by atoms with Gasteiger partial charge in [-0.25, -0.2) is 4.98 Å². The standard InChI is InChI=1S/C22H18ClN3O3S2/c1-2-9-26-21(28)19-16(15-7-3-4-8-17(15)23)12-30-20(19)25-22(26)31-13-18(27)24-11-14-6-5-10-29-14/h2-8,10,12H,1,9,11,13H2,(H,24,27). The fourth-order valence-electron chi connectivity index (χ4n) is 3.06. The smallest absolute Gasteiger partial charge is 0.263 e. The zero-order chi connectivity index (χ0) is 21.8. The Labute approximate surface area is 191 Å². The van der Waals surface area contributed by atoms with Crippen LogP contribution in [-0.2, 0) is 17.9 Å². The van der Waals surface area contributed by atoms with Gasteiger partial charge in [0.05, 0.1) is 23.9 Å². The van der Waals surface area contributed by atoms with Gasteiger partial charge in [-0.2, -0.15) is 0 Å². The third kappa shape index (κ3) is 4.61. The van der Waals surface area contributed by atoms with E-state index in [0.29, 0.717) is 32.7 Å². The van der Waals surface area contributed by atoms with Crippen LogP contribution in [0.25, 0.3) is 21.3 Å². The fraction of sp³-hybridized carbons (Fsp3) is 0.136. The van der Waals surface area contributed by atoms with Crippen LogP contribution in [-0.4, -0.2) is 21.2 Å². The zero-order valence-corrected chi connectivity index (χ0v) is 18.7. The summed E-state index contributed by atoms with van der Waals surface area (Å²) in [6, 6.07) is 11.0. The van der Waals surface area contributed by atoms with Gasteiger partial charge in [0.15, 0.2) is 5.16 Å². The summed E-state index contributed by atoms with van der Waals surface area (Å²) < 4.78 is 6.75. The van der Waals surface area contributed by atoms with Crippen molar-refractivity contribution in [2.24, 2.45) is 0 Å². The summed E-state index contributed by atoms with van der Waals surface area (Å²) in [5.74, 6) is 0.620. The maximum atomic E-state index is 13.3. The molecule has 31 heavy (non-hydrogen) atoms. The maximum Gasteiger partial charge on any atom is 0.263 e. The summed E-state index contributed by atoms with van der Waals surface area (Å²) in [5.41, 5.74) is 1.37. The van der Waals surface area contributed by atoms with E-state index >= 15 is 0 Å². The first-order valence-electron chi connectivity index (χ1n) is 9.38. The van der Waals surface area contributed by atoms with Gasteiger partial charge in [0.1, 0.15) is 10.6 Å². The van der Waals surface area contributed by atoms with E-state index in [9.17, 15) is 9.59 Å². The average molecular weight is 472 g/mol. The largest absolute Gasteiger partial charge is 0.467 e. The number of fused-ring (bicyclic) bond motifs is 1. The Bertz CT molecular complexity index is 1300. The number of carbonyl (C=O) groups excluding carboxylic acids is 1. The summed E-state index contributed by atoms with van der Waals surface area (Å²) in [6.07, 6.45) is 3.19. The molecule has 0 saturated heterocycles. The second-order valence-corrected chi connectivity index (χ2v) is 8.76. The zero-order valence-electron chi connectivity index (χ0n) is 16.3. The minimum absolute atomic E-state index is 0.124. The molecule has 9 heteroatoms. The molecule has 4 aromatic rings. The number of furan rings is 1. The van der Waals surface area contributed by atoms with Crippen molar-refractivity contribution in [3.63, 3.8) is 0 Å². The third-order valence-electron chi connectivity index (χ3n) is 4.51. The molecular weight excluding hydrogens is 454 g/mol. The Morgan fingerprint density at radius 2 is 2.13 bits per heavy atom. The van der Waals surface area contributed by atoms with Crippen LogP contribution < -0.4 is 10.9 Å². The van der Waals surface area contributed by atoms with E-state index < -0.39 is 0 Å². The lowest BCUT2D eigenvalue weighted by Gasteiger charge is -2.11. The maximum absolute atomic E-state index is 13.3. The molecule has 1 N–H and O–H groups in total. The van der Waals surface area contributed by atoms with Crippen molar-refractivity contribution in [3.8, 4) is 11.1 Å². The van der Waals surface area contributed by atoms with Gasteiger partial charge in [0.25, 0.3) is 5.56 Å². The molecule has 3 aromatic heterocycles. The molecule has 0 unspecified atom stereocenters. The van der Waals surface area contributed by atoms with Crippen molar-refractivity contribution >= 4 is 50.8 Å². The van der Waals surface area contributed by atoms with Gasteiger partial charge >= 0.3 is 0 Å². The number of thiophene rings is 1. The molecule has 6 nitrogen and oxygen atoms in total. The molecule has 0 bridgehead atoms. The van der Waals surface area contributed by atoms with Gasteiger partial charge in [-0.1, -0.05) is 47.6 Å². The summed E-state index contributed by atoms with van der Waals surface area (Å²) >= 11 is 8.95. The number of rotatable bonds is 8. The topological polar surface area (TPSA) is 77.1 Å². The number of allylic oxidation sites excluding steroid dienone is 1. The van der Waals surface area contributed by atoms with Crippen LogP contribution in [0.2, 0.25) is 5.02 Å². The van der Waals surface area contributed by atoms with Gasteiger partial charge < -0.3 is 9.73 Å². The minimum atomic E-state index is -0.181. The van der Waals surface area contributed by atoms with Crippen LogP contribution >= 0.6 is 34.7 Å². The molecule has 0 radical (unpaired) electrons. The van der Waals surface area contributed by atoms with Crippen LogP contribution in [0.15, 0.2) is 75.1 Å². The first kappa shape index (κ1) is 21.4. The first-order chi connectivity index (χ1) is 15.1. The van der Waals surface area contributed by atoms with E-state index in [2.05, 4.69) is 16.9 Å². The van der Waals surface area contributed by atoms with Gasteiger partial charge in [-0.3, -0.25) is 14.2 Å². The quantitative estimate of drug-likeness (QED) is 0.223. The lowest BCUT2D eigenvalue weighted by atomic mass is 10.1. The molecule has 0 fully saturated rings. The Morgan fingerprint density at radius 3 is 2.87 bits per heavy atom. The van der Waals surface area contributed by atoms with Gasteiger partial charge in [0, 0.05) is 28.1 Å².